The van der Waals surface area contributed by atoms with Crippen LogP contribution in [0, 0.1) is 0 Å². The van der Waals surface area contributed by atoms with Crippen LogP contribution in [0.3, 0.4) is 0 Å². The van der Waals surface area contributed by atoms with Crippen LogP contribution in [-0.2, 0) is 19.3 Å². The lowest BCUT2D eigenvalue weighted by Gasteiger charge is -2.40. The third kappa shape index (κ3) is 6.17. The minimum Gasteiger partial charge on any atom is -0.414 e. The van der Waals surface area contributed by atoms with E-state index in [2.05, 4.69) is 79.6 Å². The SMILES string of the molecule is CCC[C@]1(n2ccc(=O)[nH]c2=O)C[C@H](O[Si](C)(C)C(C)(C)C)[C@@H](CO[Si](C)(C)C(C)(C)C)O1. The molecule has 7 nitrogen and oxygen atoms in total. The van der Waals surface area contributed by atoms with Crippen LogP contribution in [0.2, 0.25) is 36.3 Å². The Kier molecular flexibility index (Phi) is 8.18. The van der Waals surface area contributed by atoms with Crippen LogP contribution in [0.25, 0.3) is 0 Å². The third-order valence-electron chi connectivity index (χ3n) is 7.88. The van der Waals surface area contributed by atoms with Gasteiger partial charge in [-0.2, -0.15) is 0 Å². The van der Waals surface area contributed by atoms with Gasteiger partial charge in [0.25, 0.3) is 5.56 Å². The van der Waals surface area contributed by atoms with Crippen LogP contribution < -0.4 is 11.2 Å². The van der Waals surface area contributed by atoms with Gasteiger partial charge in [-0.15, -0.1) is 0 Å². The van der Waals surface area contributed by atoms with E-state index in [1.807, 2.05) is 0 Å². The van der Waals surface area contributed by atoms with Crippen molar-refractivity contribution in [2.24, 2.45) is 0 Å². The molecule has 1 aromatic rings. The molecule has 1 N–H and O–H groups in total. The van der Waals surface area contributed by atoms with Gasteiger partial charge in [0.15, 0.2) is 22.4 Å². The standard InChI is InChI=1S/C24H46N2O5Si2/c1-12-14-24(26-15-13-20(27)25-21(26)28)16-18(31-33(10,11)23(5,6)7)19(30-24)17-29-32(8,9)22(2,3)4/h13,15,18-19H,12,14,16-17H2,1-11H3,(H,25,27,28)/t18-,19+,24+/m0/s1. The van der Waals surface area contributed by atoms with Gasteiger partial charge in [0.2, 0.25) is 0 Å². The monoisotopic (exact) mass is 498 g/mol. The summed E-state index contributed by atoms with van der Waals surface area (Å²) < 4.78 is 21.7. The molecule has 1 fully saturated rings. The molecule has 1 aromatic heterocycles. The summed E-state index contributed by atoms with van der Waals surface area (Å²) in [6.07, 6.45) is 3.09. The fourth-order valence-corrected chi connectivity index (χ4v) is 6.10. The number of hydrogen-bond acceptors (Lipinski definition) is 5. The van der Waals surface area contributed by atoms with Crippen molar-refractivity contribution in [1.29, 1.82) is 0 Å². The molecule has 0 unspecified atom stereocenters. The summed E-state index contributed by atoms with van der Waals surface area (Å²) in [6, 6.07) is 1.38. The van der Waals surface area contributed by atoms with E-state index in [1.54, 1.807) is 10.8 Å². The average molecular weight is 499 g/mol. The summed E-state index contributed by atoms with van der Waals surface area (Å²) >= 11 is 0. The minimum absolute atomic E-state index is 0.0443. The molecule has 0 bridgehead atoms. The van der Waals surface area contributed by atoms with Crippen LogP contribution >= 0.6 is 0 Å². The topological polar surface area (TPSA) is 82.6 Å². The van der Waals surface area contributed by atoms with E-state index < -0.39 is 33.6 Å². The van der Waals surface area contributed by atoms with Gasteiger partial charge in [-0.25, -0.2) is 4.79 Å². The summed E-state index contributed by atoms with van der Waals surface area (Å²) in [4.78, 5) is 26.9. The number of rotatable bonds is 8. The summed E-state index contributed by atoms with van der Waals surface area (Å²) in [5, 5.41) is 0.125. The maximum atomic E-state index is 12.8. The Morgan fingerprint density at radius 1 is 1.09 bits per heavy atom. The van der Waals surface area contributed by atoms with Crippen LogP contribution in [0.5, 0.6) is 0 Å². The van der Waals surface area contributed by atoms with E-state index in [0.717, 1.165) is 6.42 Å². The van der Waals surface area contributed by atoms with Gasteiger partial charge in [-0.1, -0.05) is 54.9 Å². The molecule has 0 saturated carbocycles. The highest BCUT2D eigenvalue weighted by Crippen LogP contribution is 2.45. The second-order valence-corrected chi connectivity index (χ2v) is 22.1. The number of nitrogens with one attached hydrogen (secondary N) is 1. The molecule has 0 amide bonds. The molecule has 1 aliphatic heterocycles. The minimum atomic E-state index is -2.10. The molecule has 190 valence electrons. The van der Waals surface area contributed by atoms with Crippen molar-refractivity contribution in [2.75, 3.05) is 6.61 Å². The van der Waals surface area contributed by atoms with Crippen molar-refractivity contribution in [2.45, 2.75) is 122 Å². The van der Waals surface area contributed by atoms with Gasteiger partial charge >= 0.3 is 5.69 Å². The first-order valence-electron chi connectivity index (χ1n) is 12.2. The molecule has 0 aromatic carbocycles. The van der Waals surface area contributed by atoms with Crippen LogP contribution in [0.1, 0.15) is 67.7 Å². The summed E-state index contributed by atoms with van der Waals surface area (Å²) in [5.74, 6) is 0. The van der Waals surface area contributed by atoms with E-state index >= 15 is 0 Å². The average Bonchev–Trinajstić information content (AvgIpc) is 2.95. The number of nitrogens with zero attached hydrogens (tertiary/aromatic N) is 1. The van der Waals surface area contributed by atoms with Gasteiger partial charge in [0.1, 0.15) is 6.10 Å². The highest BCUT2D eigenvalue weighted by Gasteiger charge is 2.52. The molecule has 3 atom stereocenters. The molecular formula is C24H46N2O5Si2. The quantitative estimate of drug-likeness (QED) is 0.499. The fourth-order valence-electron chi connectivity index (χ4n) is 3.74. The van der Waals surface area contributed by atoms with Gasteiger partial charge in [-0.3, -0.25) is 14.3 Å². The van der Waals surface area contributed by atoms with Crippen LogP contribution in [0.4, 0.5) is 0 Å². The lowest BCUT2D eigenvalue weighted by Crippen LogP contribution is -2.48. The number of aromatic amines is 1. The van der Waals surface area contributed by atoms with Crippen molar-refractivity contribution < 1.29 is 13.6 Å². The molecule has 9 heteroatoms. The molecule has 2 heterocycles. The zero-order valence-electron chi connectivity index (χ0n) is 22.6. The molecular weight excluding hydrogens is 452 g/mol. The number of ether oxygens (including phenoxy) is 1. The Morgan fingerprint density at radius 3 is 2.15 bits per heavy atom. The van der Waals surface area contributed by atoms with Crippen LogP contribution in [0.15, 0.2) is 21.9 Å². The maximum absolute atomic E-state index is 12.8. The Balaban J connectivity index is 2.47. The summed E-state index contributed by atoms with van der Waals surface area (Å²) in [5.41, 5.74) is -1.73. The zero-order chi connectivity index (χ0) is 25.5. The van der Waals surface area contributed by atoms with Crippen molar-refractivity contribution >= 4 is 16.6 Å². The fraction of sp³-hybridized carbons (Fsp3) is 0.833. The van der Waals surface area contributed by atoms with Gasteiger partial charge in [0.05, 0.1) is 12.7 Å². The normalized spacial score (nSPS) is 24.9. The third-order valence-corrected chi connectivity index (χ3v) is 16.9. The van der Waals surface area contributed by atoms with Crippen molar-refractivity contribution in [1.82, 2.24) is 9.55 Å². The molecule has 2 rings (SSSR count). The molecule has 0 spiro atoms. The maximum Gasteiger partial charge on any atom is 0.330 e. The number of aromatic nitrogens is 2. The van der Waals surface area contributed by atoms with Crippen molar-refractivity contribution in [3.8, 4) is 0 Å². The van der Waals surface area contributed by atoms with Gasteiger partial charge in [0, 0.05) is 18.7 Å². The molecule has 1 saturated heterocycles. The lowest BCUT2D eigenvalue weighted by atomic mass is 10.0. The first-order chi connectivity index (χ1) is 14.9. The molecule has 0 radical (unpaired) electrons. The van der Waals surface area contributed by atoms with Crippen molar-refractivity contribution in [3.05, 3.63) is 33.1 Å². The van der Waals surface area contributed by atoms with E-state index in [0.29, 0.717) is 19.4 Å². The Labute approximate surface area is 201 Å². The first-order valence-corrected chi connectivity index (χ1v) is 18.0. The Bertz CT molecular complexity index is 926. The second kappa shape index (κ2) is 9.56. The number of hydrogen-bond donors (Lipinski definition) is 1. The predicted molar refractivity (Wildman–Crippen MR) is 139 cm³/mol. The Hall–Kier alpha value is -1.01. The zero-order valence-corrected chi connectivity index (χ0v) is 24.6. The second-order valence-electron chi connectivity index (χ2n) is 12.5. The molecule has 0 aliphatic carbocycles. The predicted octanol–water partition coefficient (Wildman–Crippen LogP) is 5.19. The van der Waals surface area contributed by atoms with E-state index in [4.69, 9.17) is 13.6 Å². The molecule has 1 aliphatic rings. The highest BCUT2D eigenvalue weighted by atomic mass is 28.4. The lowest BCUT2D eigenvalue weighted by molar-refractivity contribution is -0.122. The van der Waals surface area contributed by atoms with Crippen LogP contribution in [-0.4, -0.2) is 45.0 Å². The molecule has 33 heavy (non-hydrogen) atoms. The summed E-state index contributed by atoms with van der Waals surface area (Å²) in [6.45, 7) is 24.8. The van der Waals surface area contributed by atoms with E-state index in [-0.39, 0.29) is 22.3 Å². The van der Waals surface area contributed by atoms with E-state index in [1.165, 1.54) is 6.07 Å². The smallest absolute Gasteiger partial charge is 0.330 e. The first kappa shape index (κ1) is 28.2. The number of H-pyrrole nitrogens is 1. The van der Waals surface area contributed by atoms with Gasteiger partial charge in [-0.05, 0) is 42.7 Å². The largest absolute Gasteiger partial charge is 0.414 e. The summed E-state index contributed by atoms with van der Waals surface area (Å²) in [7, 11) is -4.10. The van der Waals surface area contributed by atoms with Gasteiger partial charge < -0.3 is 13.6 Å². The Morgan fingerprint density at radius 2 is 1.67 bits per heavy atom. The van der Waals surface area contributed by atoms with Crippen molar-refractivity contribution in [3.63, 3.8) is 0 Å². The highest BCUT2D eigenvalue weighted by molar-refractivity contribution is 6.74. The van der Waals surface area contributed by atoms with E-state index in [9.17, 15) is 9.59 Å².